The molecule has 0 aromatic heterocycles. The molecule has 0 bridgehead atoms. The molecule has 0 spiro atoms. The van der Waals surface area contributed by atoms with E-state index in [2.05, 4.69) is 0 Å². The molecule has 1 atom stereocenters. The second kappa shape index (κ2) is 4.11. The van der Waals surface area contributed by atoms with E-state index in [4.69, 9.17) is 5.11 Å². The van der Waals surface area contributed by atoms with Gasteiger partial charge in [-0.2, -0.15) is 0 Å². The van der Waals surface area contributed by atoms with E-state index in [1.807, 2.05) is 20.0 Å². The van der Waals surface area contributed by atoms with Gasteiger partial charge in [-0.05, 0) is 31.5 Å². The molecule has 1 N–H and O–H groups in total. The van der Waals surface area contributed by atoms with E-state index in [1.54, 1.807) is 0 Å². The first kappa shape index (κ1) is 10.1. The molecule has 0 fully saturated rings. The molecule has 0 amide bonds. The van der Waals surface area contributed by atoms with Gasteiger partial charge in [0.1, 0.15) is 0 Å². The second-order valence-corrected chi connectivity index (χ2v) is 7.61. The van der Waals surface area contributed by atoms with Crippen LogP contribution in [0, 0.1) is 5.92 Å². The van der Waals surface area contributed by atoms with Crippen LogP contribution < -0.4 is 0 Å². The first-order chi connectivity index (χ1) is 4.45. The SMILES string of the molecule is CC(CO)CC[Si](C)(C)[O]. The number of aliphatic hydroxyl groups is 1. The molecule has 1 unspecified atom stereocenters. The Morgan fingerprint density at radius 2 is 2.00 bits per heavy atom. The van der Waals surface area contributed by atoms with E-state index in [9.17, 15) is 4.80 Å². The van der Waals surface area contributed by atoms with Crippen LogP contribution in [0.15, 0.2) is 0 Å². The van der Waals surface area contributed by atoms with E-state index in [0.29, 0.717) is 5.92 Å². The van der Waals surface area contributed by atoms with E-state index < -0.39 is 8.32 Å². The lowest BCUT2D eigenvalue weighted by atomic mass is 10.1. The number of hydrogen-bond acceptors (Lipinski definition) is 1. The zero-order valence-corrected chi connectivity index (χ0v) is 8.05. The fourth-order valence-electron chi connectivity index (χ4n) is 0.685. The Morgan fingerprint density at radius 1 is 1.50 bits per heavy atom. The summed E-state index contributed by atoms with van der Waals surface area (Å²) in [5, 5.41) is 8.65. The molecule has 1 radical (unpaired) electrons. The largest absolute Gasteiger partial charge is 0.396 e. The van der Waals surface area contributed by atoms with Gasteiger partial charge in [0.25, 0.3) is 0 Å². The van der Waals surface area contributed by atoms with Crippen molar-refractivity contribution in [3.63, 3.8) is 0 Å². The maximum atomic E-state index is 11.2. The average Bonchev–Trinajstić information content (AvgIpc) is 1.81. The van der Waals surface area contributed by atoms with Crippen LogP contribution in [0.5, 0.6) is 0 Å². The van der Waals surface area contributed by atoms with Crippen LogP contribution >= 0.6 is 0 Å². The van der Waals surface area contributed by atoms with Crippen LogP contribution in [0.4, 0.5) is 0 Å². The third-order valence-electron chi connectivity index (χ3n) is 1.55. The van der Waals surface area contributed by atoms with Gasteiger partial charge in [0, 0.05) is 6.61 Å². The summed E-state index contributed by atoms with van der Waals surface area (Å²) in [6, 6.07) is 0.786. The quantitative estimate of drug-likeness (QED) is 0.626. The Bertz CT molecular complexity index is 88.1. The molecular weight excluding hydrogens is 144 g/mol. The second-order valence-electron chi connectivity index (χ2n) is 3.59. The highest BCUT2D eigenvalue weighted by Crippen LogP contribution is 2.13. The van der Waals surface area contributed by atoms with Gasteiger partial charge in [0.2, 0.25) is 8.32 Å². The molecule has 0 aromatic carbocycles. The summed E-state index contributed by atoms with van der Waals surface area (Å²) < 4.78 is 0. The lowest BCUT2D eigenvalue weighted by Gasteiger charge is -2.13. The Morgan fingerprint density at radius 3 is 2.30 bits per heavy atom. The van der Waals surface area contributed by atoms with Crippen LogP contribution in [-0.2, 0) is 4.80 Å². The molecule has 2 nitrogen and oxygen atoms in total. The summed E-state index contributed by atoms with van der Waals surface area (Å²) in [5.41, 5.74) is 0. The summed E-state index contributed by atoms with van der Waals surface area (Å²) in [6.07, 6.45) is 0.888. The molecule has 0 rings (SSSR count). The minimum absolute atomic E-state index is 0.213. The summed E-state index contributed by atoms with van der Waals surface area (Å²) in [5.74, 6) is 0.306. The van der Waals surface area contributed by atoms with Gasteiger partial charge in [-0.1, -0.05) is 6.92 Å². The van der Waals surface area contributed by atoms with Crippen molar-refractivity contribution < 1.29 is 9.90 Å². The molecule has 0 aliphatic carbocycles. The number of hydrogen-bond donors (Lipinski definition) is 1. The summed E-state index contributed by atoms with van der Waals surface area (Å²) >= 11 is 0. The highest BCUT2D eigenvalue weighted by atomic mass is 28.4. The van der Waals surface area contributed by atoms with Crippen molar-refractivity contribution >= 4 is 8.32 Å². The average molecular weight is 161 g/mol. The van der Waals surface area contributed by atoms with Crippen molar-refractivity contribution in [2.45, 2.75) is 32.5 Å². The van der Waals surface area contributed by atoms with Gasteiger partial charge in [0.05, 0.1) is 0 Å². The highest BCUT2D eigenvalue weighted by Gasteiger charge is 2.19. The van der Waals surface area contributed by atoms with E-state index in [-0.39, 0.29) is 6.61 Å². The minimum Gasteiger partial charge on any atom is -0.396 e. The fraction of sp³-hybridized carbons (Fsp3) is 1.00. The van der Waals surface area contributed by atoms with E-state index in [0.717, 1.165) is 12.5 Å². The molecule has 0 aliphatic rings. The Balaban J connectivity index is 3.36. The molecule has 0 aromatic rings. The molecule has 3 heteroatoms. The van der Waals surface area contributed by atoms with Crippen LogP contribution in [0.3, 0.4) is 0 Å². The fourth-order valence-corrected chi connectivity index (χ4v) is 1.87. The molecule has 0 heterocycles. The zero-order valence-electron chi connectivity index (χ0n) is 7.05. The van der Waals surface area contributed by atoms with Crippen molar-refractivity contribution in [2.75, 3.05) is 6.61 Å². The lowest BCUT2D eigenvalue weighted by Crippen LogP contribution is -2.23. The van der Waals surface area contributed by atoms with Crippen molar-refractivity contribution in [3.8, 4) is 0 Å². The predicted molar refractivity (Wildman–Crippen MR) is 43.8 cm³/mol. The number of aliphatic hydroxyl groups excluding tert-OH is 1. The van der Waals surface area contributed by atoms with Crippen LogP contribution in [-0.4, -0.2) is 20.0 Å². The van der Waals surface area contributed by atoms with Crippen molar-refractivity contribution in [3.05, 3.63) is 0 Å². The highest BCUT2D eigenvalue weighted by molar-refractivity contribution is 6.69. The maximum Gasteiger partial charge on any atom is 0.231 e. The van der Waals surface area contributed by atoms with Crippen LogP contribution in [0.1, 0.15) is 13.3 Å². The first-order valence-electron chi connectivity index (χ1n) is 3.77. The molecule has 61 valence electrons. The smallest absolute Gasteiger partial charge is 0.231 e. The molecule has 0 saturated carbocycles. The van der Waals surface area contributed by atoms with Gasteiger partial charge in [-0.15, -0.1) is 0 Å². The molecule has 0 saturated heterocycles. The lowest BCUT2D eigenvalue weighted by molar-refractivity contribution is 0.232. The van der Waals surface area contributed by atoms with Crippen molar-refractivity contribution in [1.82, 2.24) is 0 Å². The van der Waals surface area contributed by atoms with Crippen molar-refractivity contribution in [2.24, 2.45) is 5.92 Å². The Labute approximate surface area is 64.0 Å². The van der Waals surface area contributed by atoms with E-state index in [1.165, 1.54) is 0 Å². The predicted octanol–water partition coefficient (Wildman–Crippen LogP) is 1.64. The van der Waals surface area contributed by atoms with Gasteiger partial charge < -0.3 is 5.11 Å². The van der Waals surface area contributed by atoms with E-state index >= 15 is 0 Å². The minimum atomic E-state index is -2.10. The molecule has 0 aliphatic heterocycles. The summed E-state index contributed by atoms with van der Waals surface area (Å²) in [4.78, 5) is 11.2. The third-order valence-corrected chi connectivity index (χ3v) is 3.04. The monoisotopic (exact) mass is 161 g/mol. The standard InChI is InChI=1S/C7H17O2Si/c1-7(6-8)4-5-10(2,3)9/h7-8H,4-6H2,1-3H3. The van der Waals surface area contributed by atoms with Crippen LogP contribution in [0.25, 0.3) is 0 Å². The van der Waals surface area contributed by atoms with Gasteiger partial charge in [-0.25, -0.2) is 0 Å². The normalized spacial score (nSPS) is 15.3. The first-order valence-corrected chi connectivity index (χ1v) is 6.88. The maximum absolute atomic E-state index is 11.2. The zero-order chi connectivity index (χ0) is 8.20. The third kappa shape index (κ3) is 6.26. The summed E-state index contributed by atoms with van der Waals surface area (Å²) in [7, 11) is -2.10. The number of rotatable bonds is 4. The molecular formula is C7H17O2Si. The topological polar surface area (TPSA) is 40.1 Å². The van der Waals surface area contributed by atoms with Gasteiger partial charge in [-0.3, -0.25) is 4.80 Å². The van der Waals surface area contributed by atoms with Gasteiger partial charge >= 0.3 is 0 Å². The van der Waals surface area contributed by atoms with Crippen LogP contribution in [0.2, 0.25) is 19.1 Å². The van der Waals surface area contributed by atoms with Gasteiger partial charge in [0.15, 0.2) is 0 Å². The Kier molecular flexibility index (Phi) is 4.16. The molecule has 10 heavy (non-hydrogen) atoms. The summed E-state index contributed by atoms with van der Waals surface area (Å²) in [6.45, 7) is 5.82. The Hall–Kier alpha value is 0.137. The van der Waals surface area contributed by atoms with Crippen molar-refractivity contribution in [1.29, 1.82) is 0 Å².